The van der Waals surface area contributed by atoms with Gasteiger partial charge in [-0.25, -0.2) is 9.97 Å². The van der Waals surface area contributed by atoms with Crippen LogP contribution in [0.5, 0.6) is 0 Å². The number of amides is 1. The molecular weight excluding hydrogens is 261 g/mol. The van der Waals surface area contributed by atoms with Crippen molar-refractivity contribution in [2.75, 3.05) is 18.5 Å². The van der Waals surface area contributed by atoms with Crippen molar-refractivity contribution in [3.05, 3.63) is 17.0 Å². The number of likely N-dealkylation sites (N-methyl/N-ethyl adjacent to an activating group) is 1. The number of nitrogens with two attached hydrogens (primary N) is 1. The lowest BCUT2D eigenvalue weighted by Crippen LogP contribution is -2.31. The molecular formula is C8H8ClF3N4O. The summed E-state index contributed by atoms with van der Waals surface area (Å²) in [4.78, 5) is 18.4. The van der Waals surface area contributed by atoms with Gasteiger partial charge < -0.3 is 10.6 Å². The van der Waals surface area contributed by atoms with Gasteiger partial charge >= 0.3 is 6.18 Å². The van der Waals surface area contributed by atoms with Crippen LogP contribution in [0.4, 0.5) is 19.0 Å². The number of aromatic nitrogens is 2. The lowest BCUT2D eigenvalue weighted by molar-refractivity contribution is -0.141. The summed E-state index contributed by atoms with van der Waals surface area (Å²) in [5.41, 5.74) is 3.74. The third kappa shape index (κ3) is 3.74. The Morgan fingerprint density at radius 3 is 2.59 bits per heavy atom. The summed E-state index contributed by atoms with van der Waals surface area (Å²) in [7, 11) is 1.36. The molecule has 0 saturated heterocycles. The van der Waals surface area contributed by atoms with Gasteiger partial charge in [0, 0.05) is 13.1 Å². The fraction of sp³-hybridized carbons (Fsp3) is 0.375. The summed E-state index contributed by atoms with van der Waals surface area (Å²) in [5.74, 6) is -0.827. The average molecular weight is 269 g/mol. The van der Waals surface area contributed by atoms with Crippen molar-refractivity contribution < 1.29 is 18.0 Å². The number of carbonyl (C=O) groups is 1. The summed E-state index contributed by atoms with van der Waals surface area (Å²) in [6.07, 6.45) is -4.63. The second kappa shape index (κ2) is 4.74. The van der Waals surface area contributed by atoms with Gasteiger partial charge in [0.2, 0.25) is 11.2 Å². The number of halogens is 4. The summed E-state index contributed by atoms with van der Waals surface area (Å²) in [5, 5.41) is -0.550. The van der Waals surface area contributed by atoms with Crippen LogP contribution in [-0.2, 0) is 11.0 Å². The monoisotopic (exact) mass is 268 g/mol. The minimum atomic E-state index is -4.63. The molecule has 5 nitrogen and oxygen atoms in total. The van der Waals surface area contributed by atoms with Gasteiger partial charge in [-0.05, 0) is 11.6 Å². The van der Waals surface area contributed by atoms with Crippen molar-refractivity contribution in [3.63, 3.8) is 0 Å². The molecule has 0 unspecified atom stereocenters. The van der Waals surface area contributed by atoms with Crippen LogP contribution in [0.2, 0.25) is 5.28 Å². The molecule has 0 spiro atoms. The maximum absolute atomic E-state index is 12.4. The molecule has 0 aliphatic carbocycles. The predicted octanol–water partition coefficient (Wildman–Crippen LogP) is 1.07. The molecule has 1 aromatic rings. The normalized spacial score (nSPS) is 11.4. The van der Waals surface area contributed by atoms with Crippen molar-refractivity contribution in [3.8, 4) is 0 Å². The number of hydrogen-bond donors (Lipinski definition) is 1. The molecule has 0 radical (unpaired) electrons. The maximum Gasteiger partial charge on any atom is 0.433 e. The first kappa shape index (κ1) is 13.5. The molecule has 0 aromatic carbocycles. The molecule has 1 amide bonds. The Kier molecular flexibility index (Phi) is 3.76. The van der Waals surface area contributed by atoms with E-state index in [4.69, 9.17) is 17.3 Å². The number of rotatable bonds is 3. The highest BCUT2D eigenvalue weighted by Crippen LogP contribution is 2.30. The number of nitrogens with zero attached hydrogens (tertiary/aromatic N) is 3. The SMILES string of the molecule is CN(CC(N)=O)c1cc(C(F)(F)F)nc(Cl)n1. The zero-order valence-electron chi connectivity index (χ0n) is 8.62. The molecule has 0 aliphatic heterocycles. The van der Waals surface area contributed by atoms with Crippen LogP contribution in [-0.4, -0.2) is 29.5 Å². The molecule has 9 heteroatoms. The zero-order chi connectivity index (χ0) is 13.2. The molecule has 0 atom stereocenters. The van der Waals surface area contributed by atoms with E-state index in [-0.39, 0.29) is 12.4 Å². The van der Waals surface area contributed by atoms with Gasteiger partial charge in [-0.1, -0.05) is 0 Å². The van der Waals surface area contributed by atoms with Gasteiger partial charge in [0.25, 0.3) is 0 Å². The van der Waals surface area contributed by atoms with Crippen LogP contribution in [0.25, 0.3) is 0 Å². The number of alkyl halides is 3. The van der Waals surface area contributed by atoms with Gasteiger partial charge in [-0.2, -0.15) is 13.2 Å². The molecule has 1 rings (SSSR count). The molecule has 0 bridgehead atoms. The third-order valence-corrected chi connectivity index (χ3v) is 1.93. The summed E-state index contributed by atoms with van der Waals surface area (Å²) >= 11 is 5.37. The molecule has 1 aromatic heterocycles. The highest BCUT2D eigenvalue weighted by Gasteiger charge is 2.34. The van der Waals surface area contributed by atoms with Crippen molar-refractivity contribution in [2.45, 2.75) is 6.18 Å². The Hall–Kier alpha value is -1.57. The Labute approximate surface area is 99.4 Å². The van der Waals surface area contributed by atoms with Crippen LogP contribution >= 0.6 is 11.6 Å². The predicted molar refractivity (Wildman–Crippen MR) is 54.5 cm³/mol. The maximum atomic E-state index is 12.4. The van der Waals surface area contributed by atoms with Crippen LogP contribution in [0.15, 0.2) is 6.07 Å². The largest absolute Gasteiger partial charge is 0.433 e. The standard InChI is InChI=1S/C8H8ClF3N4O/c1-16(3-5(13)17)6-2-4(8(10,11)12)14-7(9)15-6/h2H,3H2,1H3,(H2,13,17). The topological polar surface area (TPSA) is 72.1 Å². The van der Waals surface area contributed by atoms with Crippen molar-refractivity contribution in [1.82, 2.24) is 9.97 Å². The lowest BCUT2D eigenvalue weighted by Gasteiger charge is -2.17. The molecule has 94 valence electrons. The van der Waals surface area contributed by atoms with Gasteiger partial charge in [-0.15, -0.1) is 0 Å². The summed E-state index contributed by atoms with van der Waals surface area (Å²) < 4.78 is 37.2. The highest BCUT2D eigenvalue weighted by atomic mass is 35.5. The van der Waals surface area contributed by atoms with E-state index >= 15 is 0 Å². The van der Waals surface area contributed by atoms with E-state index in [0.717, 1.165) is 4.90 Å². The van der Waals surface area contributed by atoms with Crippen LogP contribution in [0.3, 0.4) is 0 Å². The van der Waals surface area contributed by atoms with Crippen LogP contribution in [0, 0.1) is 0 Å². The second-order valence-corrected chi connectivity index (χ2v) is 3.54. The van der Waals surface area contributed by atoms with Crippen molar-refractivity contribution in [2.24, 2.45) is 5.73 Å². The molecule has 0 saturated carbocycles. The Balaban J connectivity index is 3.09. The van der Waals surface area contributed by atoms with E-state index in [1.54, 1.807) is 0 Å². The lowest BCUT2D eigenvalue weighted by atomic mass is 10.3. The zero-order valence-corrected chi connectivity index (χ0v) is 9.38. The Bertz CT molecular complexity index is 437. The van der Waals surface area contributed by atoms with Gasteiger partial charge in [0.15, 0.2) is 5.69 Å². The molecule has 1 heterocycles. The summed E-state index contributed by atoms with van der Waals surface area (Å²) in [6.45, 7) is -0.273. The van der Waals surface area contributed by atoms with Crippen LogP contribution in [0.1, 0.15) is 5.69 Å². The van der Waals surface area contributed by atoms with E-state index in [1.807, 2.05) is 0 Å². The fourth-order valence-corrected chi connectivity index (χ4v) is 1.24. The number of primary amides is 1. The van der Waals surface area contributed by atoms with Gasteiger partial charge in [0.05, 0.1) is 6.54 Å². The fourth-order valence-electron chi connectivity index (χ4n) is 1.06. The molecule has 0 aliphatic rings. The first-order chi connectivity index (χ1) is 7.70. The number of anilines is 1. The van der Waals surface area contributed by atoms with E-state index in [2.05, 4.69) is 9.97 Å². The average Bonchev–Trinajstić information content (AvgIpc) is 2.14. The summed E-state index contributed by atoms with van der Waals surface area (Å²) in [6, 6.07) is 0.689. The number of carbonyl (C=O) groups excluding carboxylic acids is 1. The minimum absolute atomic E-state index is 0.129. The van der Waals surface area contributed by atoms with Crippen molar-refractivity contribution >= 4 is 23.3 Å². The van der Waals surface area contributed by atoms with E-state index < -0.39 is 23.1 Å². The third-order valence-electron chi connectivity index (χ3n) is 1.76. The van der Waals surface area contributed by atoms with Gasteiger partial charge in [-0.3, -0.25) is 4.79 Å². The molecule has 0 fully saturated rings. The first-order valence-corrected chi connectivity index (χ1v) is 4.69. The quantitative estimate of drug-likeness (QED) is 0.833. The number of hydrogen-bond acceptors (Lipinski definition) is 4. The van der Waals surface area contributed by atoms with E-state index in [1.165, 1.54) is 7.05 Å². The first-order valence-electron chi connectivity index (χ1n) is 4.31. The smallest absolute Gasteiger partial charge is 0.368 e. The van der Waals surface area contributed by atoms with Crippen molar-refractivity contribution in [1.29, 1.82) is 0 Å². The van der Waals surface area contributed by atoms with E-state index in [9.17, 15) is 18.0 Å². The Morgan fingerprint density at radius 2 is 2.12 bits per heavy atom. The highest BCUT2D eigenvalue weighted by molar-refractivity contribution is 6.28. The van der Waals surface area contributed by atoms with E-state index in [0.29, 0.717) is 6.07 Å². The van der Waals surface area contributed by atoms with Crippen LogP contribution < -0.4 is 10.6 Å². The molecule has 2 N–H and O–H groups in total. The Morgan fingerprint density at radius 1 is 1.53 bits per heavy atom. The van der Waals surface area contributed by atoms with Gasteiger partial charge in [0.1, 0.15) is 5.82 Å². The minimum Gasteiger partial charge on any atom is -0.368 e. The second-order valence-electron chi connectivity index (χ2n) is 3.20. The molecule has 17 heavy (non-hydrogen) atoms.